The third-order valence-corrected chi connectivity index (χ3v) is 5.90. The van der Waals surface area contributed by atoms with Crippen LogP contribution in [0.4, 0.5) is 0 Å². The molecule has 5 heteroatoms. The molecule has 148 valence electrons. The molecule has 2 unspecified atom stereocenters. The summed E-state index contributed by atoms with van der Waals surface area (Å²) in [5, 5.41) is 3.40. The summed E-state index contributed by atoms with van der Waals surface area (Å²) >= 11 is 0. The van der Waals surface area contributed by atoms with Crippen LogP contribution in [-0.4, -0.2) is 36.6 Å². The van der Waals surface area contributed by atoms with Crippen LogP contribution in [0.3, 0.4) is 0 Å². The third kappa shape index (κ3) is 4.14. The van der Waals surface area contributed by atoms with Crippen molar-refractivity contribution in [2.45, 2.75) is 44.8 Å². The zero-order valence-electron chi connectivity index (χ0n) is 16.6. The van der Waals surface area contributed by atoms with Crippen LogP contribution < -0.4 is 15.8 Å². The molecule has 2 aromatic carbocycles. The topological polar surface area (TPSA) is 62.9 Å². The van der Waals surface area contributed by atoms with Gasteiger partial charge in [0.15, 0.2) is 5.96 Å². The van der Waals surface area contributed by atoms with Crippen LogP contribution in [0.2, 0.25) is 0 Å². The zero-order valence-corrected chi connectivity index (χ0v) is 16.6. The molecule has 2 heterocycles. The molecule has 0 fully saturated rings. The molecule has 3 N–H and O–H groups in total. The largest absolute Gasteiger partial charge is 0.493 e. The van der Waals surface area contributed by atoms with Gasteiger partial charge in [-0.15, -0.1) is 0 Å². The molecule has 0 spiro atoms. The van der Waals surface area contributed by atoms with E-state index in [0.29, 0.717) is 18.6 Å². The Balaban J connectivity index is 1.38. The van der Waals surface area contributed by atoms with Crippen molar-refractivity contribution in [2.24, 2.45) is 10.7 Å². The number of aliphatic imine (C=N–C) groups is 1. The molecule has 2 aromatic rings. The van der Waals surface area contributed by atoms with E-state index in [1.165, 1.54) is 11.1 Å². The number of guanidine groups is 1. The number of hydrogen-bond acceptors (Lipinski definition) is 3. The number of para-hydroxylation sites is 1. The van der Waals surface area contributed by atoms with Crippen LogP contribution in [0.5, 0.6) is 5.75 Å². The molecule has 0 radical (unpaired) electrons. The van der Waals surface area contributed by atoms with Crippen LogP contribution in [0.15, 0.2) is 53.5 Å². The Morgan fingerprint density at radius 1 is 1.21 bits per heavy atom. The van der Waals surface area contributed by atoms with E-state index in [1.807, 2.05) is 18.2 Å². The number of nitrogens with one attached hydrogen (secondary N) is 1. The molecule has 0 saturated heterocycles. The summed E-state index contributed by atoms with van der Waals surface area (Å²) in [6.45, 7) is 5.75. The Kier molecular flexibility index (Phi) is 5.81. The van der Waals surface area contributed by atoms with Gasteiger partial charge in [0.25, 0.3) is 0 Å². The summed E-state index contributed by atoms with van der Waals surface area (Å²) in [7, 11) is 0. The van der Waals surface area contributed by atoms with Gasteiger partial charge in [0.05, 0.1) is 19.2 Å². The van der Waals surface area contributed by atoms with Gasteiger partial charge in [-0.2, -0.15) is 0 Å². The summed E-state index contributed by atoms with van der Waals surface area (Å²) in [4.78, 5) is 7.24. The lowest BCUT2D eigenvalue weighted by Crippen LogP contribution is -2.42. The van der Waals surface area contributed by atoms with E-state index in [9.17, 15) is 0 Å². The molecule has 2 aliphatic heterocycles. The number of ether oxygens (including phenoxy) is 1. The van der Waals surface area contributed by atoms with Crippen LogP contribution in [0, 0.1) is 0 Å². The standard InChI is InChI=1S/C23H30N4O/c1-2-19(27-13-11-17-7-3-4-8-18(17)16-27)15-25-23(24)26-21-12-14-28-22-10-6-5-9-20(21)22/h3-10,19,21H,2,11-16H2,1H3,(H3,24,25,26). The first-order valence-electron chi connectivity index (χ1n) is 10.3. The Labute approximate surface area is 167 Å². The fourth-order valence-electron chi connectivity index (χ4n) is 4.25. The second-order valence-corrected chi connectivity index (χ2v) is 7.65. The second kappa shape index (κ2) is 8.65. The van der Waals surface area contributed by atoms with E-state index in [1.54, 1.807) is 0 Å². The lowest BCUT2D eigenvalue weighted by molar-refractivity contribution is 0.178. The van der Waals surface area contributed by atoms with Gasteiger partial charge in [-0.3, -0.25) is 9.89 Å². The maximum Gasteiger partial charge on any atom is 0.189 e. The Morgan fingerprint density at radius 2 is 2.00 bits per heavy atom. The van der Waals surface area contributed by atoms with E-state index >= 15 is 0 Å². The first-order valence-corrected chi connectivity index (χ1v) is 10.3. The van der Waals surface area contributed by atoms with Gasteiger partial charge in [-0.05, 0) is 30.0 Å². The molecule has 28 heavy (non-hydrogen) atoms. The smallest absolute Gasteiger partial charge is 0.189 e. The number of nitrogens with zero attached hydrogens (tertiary/aromatic N) is 2. The van der Waals surface area contributed by atoms with Crippen molar-refractivity contribution in [2.75, 3.05) is 19.7 Å². The van der Waals surface area contributed by atoms with E-state index < -0.39 is 0 Å². The summed E-state index contributed by atoms with van der Waals surface area (Å²) in [5.41, 5.74) is 10.3. The highest BCUT2D eigenvalue weighted by atomic mass is 16.5. The predicted octanol–water partition coefficient (Wildman–Crippen LogP) is 3.25. The normalized spacial score (nSPS) is 20.6. The van der Waals surface area contributed by atoms with E-state index in [4.69, 9.17) is 15.5 Å². The van der Waals surface area contributed by atoms with E-state index in [-0.39, 0.29) is 6.04 Å². The highest BCUT2D eigenvalue weighted by Crippen LogP contribution is 2.31. The van der Waals surface area contributed by atoms with Crippen molar-refractivity contribution in [3.05, 3.63) is 65.2 Å². The maximum absolute atomic E-state index is 6.25. The minimum Gasteiger partial charge on any atom is -0.493 e. The quantitative estimate of drug-likeness (QED) is 0.619. The van der Waals surface area contributed by atoms with Crippen LogP contribution in [-0.2, 0) is 13.0 Å². The average Bonchev–Trinajstić information content (AvgIpc) is 2.74. The lowest BCUT2D eigenvalue weighted by atomic mass is 9.98. The number of nitrogens with two attached hydrogens (primary N) is 1. The minimum atomic E-state index is 0.163. The van der Waals surface area contributed by atoms with Gasteiger partial charge in [0.1, 0.15) is 5.75 Å². The number of benzene rings is 2. The van der Waals surface area contributed by atoms with Gasteiger partial charge in [-0.25, -0.2) is 0 Å². The molecule has 0 aromatic heterocycles. The Bertz CT molecular complexity index is 835. The summed E-state index contributed by atoms with van der Waals surface area (Å²) in [6, 6.07) is 17.5. The van der Waals surface area contributed by atoms with E-state index in [0.717, 1.165) is 50.2 Å². The fraction of sp³-hybridized carbons (Fsp3) is 0.435. The number of fused-ring (bicyclic) bond motifs is 2. The number of hydrogen-bond donors (Lipinski definition) is 2. The van der Waals surface area contributed by atoms with Crippen LogP contribution in [0.25, 0.3) is 0 Å². The van der Waals surface area contributed by atoms with Gasteiger partial charge in [0, 0.05) is 31.1 Å². The SMILES string of the molecule is CCC(CN=C(N)NC1CCOc2ccccc21)N1CCc2ccccc2C1. The molecule has 0 aliphatic carbocycles. The summed E-state index contributed by atoms with van der Waals surface area (Å²) < 4.78 is 5.73. The predicted molar refractivity (Wildman–Crippen MR) is 114 cm³/mol. The van der Waals surface area contributed by atoms with Gasteiger partial charge in [-0.1, -0.05) is 49.4 Å². The Hall–Kier alpha value is -2.53. The lowest BCUT2D eigenvalue weighted by Gasteiger charge is -2.34. The zero-order chi connectivity index (χ0) is 19.3. The molecule has 2 aliphatic rings. The Morgan fingerprint density at radius 3 is 2.86 bits per heavy atom. The van der Waals surface area contributed by atoms with Crippen molar-refractivity contribution in [1.82, 2.24) is 10.2 Å². The minimum absolute atomic E-state index is 0.163. The average molecular weight is 379 g/mol. The molecular formula is C23H30N4O. The highest BCUT2D eigenvalue weighted by Gasteiger charge is 2.23. The van der Waals surface area contributed by atoms with Crippen molar-refractivity contribution in [3.63, 3.8) is 0 Å². The molecule has 4 rings (SSSR count). The van der Waals surface area contributed by atoms with Crippen molar-refractivity contribution < 1.29 is 4.74 Å². The fourth-order valence-corrected chi connectivity index (χ4v) is 4.25. The molecule has 0 amide bonds. The van der Waals surface area contributed by atoms with E-state index in [2.05, 4.69) is 47.5 Å². The van der Waals surface area contributed by atoms with Crippen molar-refractivity contribution in [1.29, 1.82) is 0 Å². The van der Waals surface area contributed by atoms with Gasteiger partial charge >= 0.3 is 0 Å². The molecule has 0 saturated carbocycles. The van der Waals surface area contributed by atoms with Gasteiger partial charge in [0.2, 0.25) is 0 Å². The molecular weight excluding hydrogens is 348 g/mol. The first kappa shape index (κ1) is 18.8. The summed E-state index contributed by atoms with van der Waals surface area (Å²) in [6.07, 6.45) is 3.08. The molecule has 2 atom stereocenters. The van der Waals surface area contributed by atoms with Crippen molar-refractivity contribution in [3.8, 4) is 5.75 Å². The van der Waals surface area contributed by atoms with Gasteiger partial charge < -0.3 is 15.8 Å². The van der Waals surface area contributed by atoms with Crippen molar-refractivity contribution >= 4 is 5.96 Å². The van der Waals surface area contributed by atoms with Crippen LogP contribution >= 0.6 is 0 Å². The second-order valence-electron chi connectivity index (χ2n) is 7.65. The first-order chi connectivity index (χ1) is 13.7. The highest BCUT2D eigenvalue weighted by molar-refractivity contribution is 5.78. The van der Waals surface area contributed by atoms with Crippen LogP contribution in [0.1, 0.15) is 42.5 Å². The monoisotopic (exact) mass is 378 g/mol. The molecule has 0 bridgehead atoms. The number of rotatable bonds is 5. The molecule has 5 nitrogen and oxygen atoms in total. The maximum atomic E-state index is 6.25. The summed E-state index contributed by atoms with van der Waals surface area (Å²) in [5.74, 6) is 1.47. The third-order valence-electron chi connectivity index (χ3n) is 5.90.